The Labute approximate surface area is 152 Å². The van der Waals surface area contributed by atoms with Crippen LogP contribution in [-0.2, 0) is 6.54 Å². The van der Waals surface area contributed by atoms with Crippen molar-refractivity contribution in [3.8, 4) is 11.5 Å². The normalized spacial score (nSPS) is 17.1. The molecule has 0 saturated heterocycles. The zero-order valence-electron chi connectivity index (χ0n) is 14.7. The van der Waals surface area contributed by atoms with Crippen LogP contribution in [0.3, 0.4) is 0 Å². The first-order valence-corrected chi connectivity index (χ1v) is 8.39. The Bertz CT molecular complexity index is 1020. The number of Topliss-reactive ketones (excluding diaryl/α,β-unsaturated/α-hetero) is 1. The van der Waals surface area contributed by atoms with Gasteiger partial charge in [-0.15, -0.1) is 0 Å². The molecule has 2 aromatic rings. The number of hydrogen-bond donors (Lipinski definition) is 2. The van der Waals surface area contributed by atoms with E-state index >= 15 is 0 Å². The summed E-state index contributed by atoms with van der Waals surface area (Å²) in [5.74, 6) is 0.759. The number of aromatic amines is 1. The Morgan fingerprint density at radius 2 is 1.78 bits per heavy atom. The van der Waals surface area contributed by atoms with Gasteiger partial charge in [0.05, 0.1) is 25.4 Å². The molecule has 5 nitrogen and oxygen atoms in total. The first-order chi connectivity index (χ1) is 12.8. The summed E-state index contributed by atoms with van der Waals surface area (Å²) < 4.78 is 49.7. The van der Waals surface area contributed by atoms with E-state index in [1.165, 1.54) is 14.2 Å². The summed E-state index contributed by atoms with van der Waals surface area (Å²) in [6.45, 7) is 0.233. The maximum atomic E-state index is 13.0. The van der Waals surface area contributed by atoms with E-state index in [1.54, 1.807) is 12.1 Å². The Morgan fingerprint density at radius 3 is 2.44 bits per heavy atom. The van der Waals surface area contributed by atoms with Gasteiger partial charge in [-0.05, 0) is 25.0 Å². The van der Waals surface area contributed by atoms with E-state index in [0.717, 1.165) is 11.5 Å². The number of H-pyrrole nitrogens is 1. The van der Waals surface area contributed by atoms with Gasteiger partial charge in [-0.2, -0.15) is 13.2 Å². The Hall–Kier alpha value is -2.90. The molecule has 0 unspecified atom stereocenters. The number of alkyl halides is 3. The summed E-state index contributed by atoms with van der Waals surface area (Å²) in [6.07, 6.45) is -3.49. The van der Waals surface area contributed by atoms with Crippen LogP contribution in [0, 0.1) is 0 Å². The number of benzene rings is 1. The van der Waals surface area contributed by atoms with Crippen LogP contribution in [0.15, 0.2) is 35.1 Å². The number of rotatable bonds is 2. The number of fused-ring (bicyclic) bond motifs is 3. The van der Waals surface area contributed by atoms with E-state index in [2.05, 4.69) is 10.3 Å². The number of carbonyl (C=O) groups is 1. The molecule has 0 fully saturated rings. The Balaban J connectivity index is 1.83. The van der Waals surface area contributed by atoms with Crippen molar-refractivity contribution in [1.29, 1.82) is 0 Å². The second-order valence-corrected chi connectivity index (χ2v) is 6.47. The van der Waals surface area contributed by atoms with Crippen LogP contribution in [0.25, 0.3) is 10.9 Å². The highest BCUT2D eigenvalue weighted by Crippen LogP contribution is 2.39. The maximum Gasteiger partial charge on any atom is 0.412 e. The first kappa shape index (κ1) is 17.5. The molecule has 2 aliphatic rings. The standard InChI is InChI=1S/C19H17F3N2O3/c1-26-15-6-11-12-8-23-13-5-9(19(20,21)22)3-4-10(13)18(25)17(12)24-14(11)7-16(15)27-2/h5-7,23-24H,3-4,8H2,1-2H3. The molecule has 1 aliphatic heterocycles. The van der Waals surface area contributed by atoms with Crippen molar-refractivity contribution in [1.82, 2.24) is 10.3 Å². The van der Waals surface area contributed by atoms with Crippen LogP contribution in [0.2, 0.25) is 0 Å². The third kappa shape index (κ3) is 2.75. The molecule has 0 bridgehead atoms. The van der Waals surface area contributed by atoms with Crippen molar-refractivity contribution >= 4 is 16.7 Å². The number of ether oxygens (including phenoxy) is 2. The minimum Gasteiger partial charge on any atom is -0.493 e. The molecular formula is C19H17F3N2O3. The van der Waals surface area contributed by atoms with Crippen molar-refractivity contribution < 1.29 is 27.4 Å². The van der Waals surface area contributed by atoms with Gasteiger partial charge in [0.1, 0.15) is 0 Å². The van der Waals surface area contributed by atoms with Crippen LogP contribution in [0.5, 0.6) is 11.5 Å². The first-order valence-electron chi connectivity index (χ1n) is 8.39. The fourth-order valence-corrected chi connectivity index (χ4v) is 3.63. The third-order valence-electron chi connectivity index (χ3n) is 5.02. The summed E-state index contributed by atoms with van der Waals surface area (Å²) in [4.78, 5) is 16.1. The summed E-state index contributed by atoms with van der Waals surface area (Å²) in [6, 6.07) is 3.51. The van der Waals surface area contributed by atoms with Gasteiger partial charge >= 0.3 is 6.18 Å². The summed E-state index contributed by atoms with van der Waals surface area (Å²) >= 11 is 0. The molecule has 2 heterocycles. The number of allylic oxidation sites excluding steroid dienone is 3. The van der Waals surface area contributed by atoms with Gasteiger partial charge < -0.3 is 19.8 Å². The quantitative estimate of drug-likeness (QED) is 0.829. The number of nitrogens with one attached hydrogen (secondary N) is 2. The average Bonchev–Trinajstić information content (AvgIpc) is 2.94. The van der Waals surface area contributed by atoms with Crippen molar-refractivity contribution in [3.63, 3.8) is 0 Å². The lowest BCUT2D eigenvalue weighted by molar-refractivity contribution is -0.0942. The van der Waals surface area contributed by atoms with E-state index in [4.69, 9.17) is 9.47 Å². The lowest BCUT2D eigenvalue weighted by Crippen LogP contribution is -2.21. The summed E-state index contributed by atoms with van der Waals surface area (Å²) in [5, 5.41) is 3.77. The number of methoxy groups -OCH3 is 2. The molecule has 0 saturated carbocycles. The van der Waals surface area contributed by atoms with Crippen LogP contribution in [-0.4, -0.2) is 31.2 Å². The van der Waals surface area contributed by atoms with E-state index in [0.29, 0.717) is 33.8 Å². The Kier molecular flexibility index (Phi) is 3.94. The molecule has 0 radical (unpaired) electrons. The fraction of sp³-hybridized carbons (Fsp3) is 0.316. The molecule has 1 aliphatic carbocycles. The molecular weight excluding hydrogens is 361 g/mol. The van der Waals surface area contributed by atoms with Crippen molar-refractivity contribution in [3.05, 3.63) is 46.3 Å². The minimum atomic E-state index is -4.39. The van der Waals surface area contributed by atoms with Gasteiger partial charge in [0.25, 0.3) is 0 Å². The number of halogens is 3. The topological polar surface area (TPSA) is 63.4 Å². The molecule has 142 valence electrons. The SMILES string of the molecule is COc1cc2[nH]c3c(c2cc1OC)CNC1=C(CCC(C(F)(F)F)=C1)C3=O. The fourth-order valence-electron chi connectivity index (χ4n) is 3.63. The Morgan fingerprint density at radius 1 is 1.07 bits per heavy atom. The van der Waals surface area contributed by atoms with E-state index in [-0.39, 0.29) is 30.9 Å². The molecule has 1 aromatic carbocycles. The molecule has 0 spiro atoms. The maximum absolute atomic E-state index is 13.0. The molecule has 0 amide bonds. The highest BCUT2D eigenvalue weighted by Gasteiger charge is 2.37. The number of hydrogen-bond acceptors (Lipinski definition) is 4. The molecule has 2 N–H and O–H groups in total. The summed E-state index contributed by atoms with van der Waals surface area (Å²) in [7, 11) is 3.04. The second kappa shape index (κ2) is 6.07. The van der Waals surface area contributed by atoms with Crippen LogP contribution < -0.4 is 14.8 Å². The van der Waals surface area contributed by atoms with Crippen LogP contribution >= 0.6 is 0 Å². The molecule has 8 heteroatoms. The molecule has 27 heavy (non-hydrogen) atoms. The van der Waals surface area contributed by atoms with E-state index < -0.39 is 11.7 Å². The van der Waals surface area contributed by atoms with Gasteiger partial charge in [-0.25, -0.2) is 0 Å². The average molecular weight is 378 g/mol. The minimum absolute atomic E-state index is 0.0496. The van der Waals surface area contributed by atoms with Gasteiger partial charge in [-0.3, -0.25) is 4.79 Å². The van der Waals surface area contributed by atoms with E-state index in [9.17, 15) is 18.0 Å². The van der Waals surface area contributed by atoms with Crippen LogP contribution in [0.4, 0.5) is 13.2 Å². The van der Waals surface area contributed by atoms with Crippen molar-refractivity contribution in [2.75, 3.05) is 14.2 Å². The third-order valence-corrected chi connectivity index (χ3v) is 5.02. The van der Waals surface area contributed by atoms with Gasteiger partial charge in [0.2, 0.25) is 5.78 Å². The summed E-state index contributed by atoms with van der Waals surface area (Å²) in [5.41, 5.74) is 1.79. The predicted octanol–water partition coefficient (Wildman–Crippen LogP) is 4.01. The predicted molar refractivity (Wildman–Crippen MR) is 93.0 cm³/mol. The smallest absolute Gasteiger partial charge is 0.412 e. The monoisotopic (exact) mass is 378 g/mol. The van der Waals surface area contributed by atoms with Crippen molar-refractivity contribution in [2.45, 2.75) is 25.6 Å². The largest absolute Gasteiger partial charge is 0.493 e. The highest BCUT2D eigenvalue weighted by atomic mass is 19.4. The lowest BCUT2D eigenvalue weighted by Gasteiger charge is -2.20. The molecule has 4 rings (SSSR count). The second-order valence-electron chi connectivity index (χ2n) is 6.47. The zero-order valence-corrected chi connectivity index (χ0v) is 14.7. The van der Waals surface area contributed by atoms with Gasteiger partial charge in [-0.1, -0.05) is 0 Å². The number of aromatic nitrogens is 1. The van der Waals surface area contributed by atoms with Crippen LogP contribution in [0.1, 0.15) is 28.9 Å². The van der Waals surface area contributed by atoms with Gasteiger partial charge in [0.15, 0.2) is 11.5 Å². The zero-order chi connectivity index (χ0) is 19.3. The molecule has 0 atom stereocenters. The molecule has 1 aromatic heterocycles. The lowest BCUT2D eigenvalue weighted by atomic mass is 9.92. The highest BCUT2D eigenvalue weighted by molar-refractivity contribution is 6.13. The van der Waals surface area contributed by atoms with Gasteiger partial charge in [0, 0.05) is 40.4 Å². The van der Waals surface area contributed by atoms with Crippen molar-refractivity contribution in [2.24, 2.45) is 0 Å². The number of ketones is 1. The van der Waals surface area contributed by atoms with E-state index in [1.807, 2.05) is 0 Å². The number of carbonyl (C=O) groups excluding carboxylic acids is 1.